The number of nitrogens with one attached hydrogen (secondary N) is 2. The minimum Gasteiger partial charge on any atom is -0.377 e. The van der Waals surface area contributed by atoms with Gasteiger partial charge in [0.1, 0.15) is 0 Å². The number of nitrogens with two attached hydrogens (primary N) is 1. The van der Waals surface area contributed by atoms with Crippen molar-refractivity contribution in [2.75, 3.05) is 34.2 Å². The van der Waals surface area contributed by atoms with Crippen LogP contribution in [0, 0.1) is 0 Å². The van der Waals surface area contributed by atoms with Crippen LogP contribution < -0.4 is 20.1 Å². The Labute approximate surface area is 179 Å². The van der Waals surface area contributed by atoms with Crippen LogP contribution in [0.15, 0.2) is 66.0 Å². The van der Waals surface area contributed by atoms with Crippen molar-refractivity contribution in [1.29, 1.82) is 0 Å². The summed E-state index contributed by atoms with van der Waals surface area (Å²) in [6.45, 7) is 0. The van der Waals surface area contributed by atoms with Crippen molar-refractivity contribution >= 4 is 54.5 Å². The Balaban J connectivity index is 1.62. The normalized spacial score (nSPS) is 11.4. The largest absolute Gasteiger partial charge is 0.377 e. The summed E-state index contributed by atoms with van der Waals surface area (Å²) in [6, 6.07) is 18.4. The van der Waals surface area contributed by atoms with Gasteiger partial charge in [-0.2, -0.15) is 8.42 Å². The van der Waals surface area contributed by atoms with Crippen LogP contribution in [0.3, 0.4) is 0 Å². The second-order valence-corrected chi connectivity index (χ2v) is 9.24. The Morgan fingerprint density at radius 3 is 2.43 bits per heavy atom. The molecule has 0 atom stereocenters. The first-order valence-electron chi connectivity index (χ1n) is 9.13. The van der Waals surface area contributed by atoms with Crippen molar-refractivity contribution in [2.45, 2.75) is 0 Å². The summed E-state index contributed by atoms with van der Waals surface area (Å²) < 4.78 is 30.9. The summed E-state index contributed by atoms with van der Waals surface area (Å²) in [6.07, 6.45) is 0. The second kappa shape index (κ2) is 7.85. The highest BCUT2D eigenvalue weighted by atomic mass is 32.2. The van der Waals surface area contributed by atoms with Gasteiger partial charge in [0.25, 0.3) is 0 Å². The van der Waals surface area contributed by atoms with E-state index in [-0.39, 0.29) is 0 Å². The average molecular weight is 440 g/mol. The number of anilines is 4. The molecule has 0 aliphatic carbocycles. The molecule has 0 fully saturated rings. The fourth-order valence-electron chi connectivity index (χ4n) is 3.26. The number of aromatic nitrogens is 1. The van der Waals surface area contributed by atoms with Gasteiger partial charge in [0.05, 0.1) is 17.1 Å². The zero-order valence-corrected chi connectivity index (χ0v) is 18.1. The molecule has 4 rings (SSSR count). The van der Waals surface area contributed by atoms with Gasteiger partial charge in [0.15, 0.2) is 5.13 Å². The maximum atomic E-state index is 12.8. The van der Waals surface area contributed by atoms with E-state index in [4.69, 9.17) is 5.73 Å². The third kappa shape index (κ3) is 4.17. The number of rotatable bonds is 6. The molecule has 1 heterocycles. The Kier molecular flexibility index (Phi) is 5.23. The summed E-state index contributed by atoms with van der Waals surface area (Å²) in [7, 11) is 0.0469. The van der Waals surface area contributed by atoms with Gasteiger partial charge in [-0.1, -0.05) is 36.4 Å². The molecular weight excluding hydrogens is 418 g/mol. The molecule has 0 amide bonds. The molecule has 0 saturated carbocycles. The first-order valence-corrected chi connectivity index (χ1v) is 11.5. The number of nitrogen functional groups attached to an aromatic ring is 1. The molecule has 4 N–H and O–H groups in total. The first kappa shape index (κ1) is 20.0. The lowest BCUT2D eigenvalue weighted by Crippen LogP contribution is -2.21. The van der Waals surface area contributed by atoms with Crippen LogP contribution >= 0.6 is 11.3 Å². The van der Waals surface area contributed by atoms with Crippen LogP contribution in [-0.2, 0) is 10.2 Å². The van der Waals surface area contributed by atoms with Gasteiger partial charge in [-0.25, -0.2) is 4.98 Å². The van der Waals surface area contributed by atoms with Crippen molar-refractivity contribution < 1.29 is 8.42 Å². The molecular formula is C21H21N5O2S2. The third-order valence-corrected chi connectivity index (χ3v) is 6.22. The highest BCUT2D eigenvalue weighted by molar-refractivity contribution is 7.94. The van der Waals surface area contributed by atoms with E-state index in [2.05, 4.69) is 14.4 Å². The minimum atomic E-state index is -3.86. The fourth-order valence-corrected chi connectivity index (χ4v) is 4.79. The molecule has 0 saturated heterocycles. The van der Waals surface area contributed by atoms with Crippen molar-refractivity contribution in [3.8, 4) is 11.3 Å². The number of fused-ring (bicyclic) bond motifs is 1. The van der Waals surface area contributed by atoms with E-state index >= 15 is 0 Å². The molecule has 0 radical (unpaired) electrons. The summed E-state index contributed by atoms with van der Waals surface area (Å²) >= 11 is 1.34. The molecule has 0 aliphatic heterocycles. The van der Waals surface area contributed by atoms with E-state index in [1.54, 1.807) is 24.3 Å². The summed E-state index contributed by atoms with van der Waals surface area (Å²) in [5.41, 5.74) is 9.13. The van der Waals surface area contributed by atoms with E-state index in [0.29, 0.717) is 22.2 Å². The van der Waals surface area contributed by atoms with Crippen LogP contribution in [0.25, 0.3) is 22.0 Å². The van der Waals surface area contributed by atoms with Gasteiger partial charge >= 0.3 is 10.2 Å². The zero-order chi connectivity index (χ0) is 21.3. The standard InChI is InChI=1S/C21H21N5O2S2/c1-26(2)20-11-5-8-16-17(20)9-4-10-18(16)25-30(27,28)24-15-7-3-6-14(12-15)19-13-29-21(22)23-19/h3-13,24-25H,1-2H3,(H2,22,23). The summed E-state index contributed by atoms with van der Waals surface area (Å²) in [5.74, 6) is 0. The Morgan fingerprint density at radius 2 is 1.70 bits per heavy atom. The molecule has 1 aromatic heterocycles. The molecule has 4 aromatic rings. The lowest BCUT2D eigenvalue weighted by atomic mass is 10.1. The van der Waals surface area contributed by atoms with Crippen LogP contribution in [0.2, 0.25) is 0 Å². The predicted octanol–water partition coefficient (Wildman–Crippen LogP) is 4.38. The third-order valence-electron chi connectivity index (χ3n) is 4.56. The molecule has 0 spiro atoms. The van der Waals surface area contributed by atoms with Crippen molar-refractivity contribution in [2.24, 2.45) is 0 Å². The lowest BCUT2D eigenvalue weighted by Gasteiger charge is -2.17. The van der Waals surface area contributed by atoms with Gasteiger partial charge in [0.2, 0.25) is 0 Å². The monoisotopic (exact) mass is 439 g/mol. The lowest BCUT2D eigenvalue weighted by molar-refractivity contribution is 0.606. The van der Waals surface area contributed by atoms with Crippen LogP contribution in [0.1, 0.15) is 0 Å². The van der Waals surface area contributed by atoms with Gasteiger partial charge in [-0.05, 0) is 24.3 Å². The van der Waals surface area contributed by atoms with Crippen molar-refractivity contribution in [1.82, 2.24) is 4.98 Å². The van der Waals surface area contributed by atoms with Crippen LogP contribution in [0.5, 0.6) is 0 Å². The number of nitrogens with zero attached hydrogens (tertiary/aromatic N) is 2. The number of hydrogen-bond acceptors (Lipinski definition) is 6. The van der Waals surface area contributed by atoms with E-state index in [1.165, 1.54) is 11.3 Å². The van der Waals surface area contributed by atoms with Crippen molar-refractivity contribution in [3.63, 3.8) is 0 Å². The van der Waals surface area contributed by atoms with E-state index in [0.717, 1.165) is 22.0 Å². The first-order chi connectivity index (χ1) is 14.3. The van der Waals surface area contributed by atoms with E-state index in [1.807, 2.05) is 60.8 Å². The maximum absolute atomic E-state index is 12.8. The Bertz CT molecular complexity index is 1320. The van der Waals surface area contributed by atoms with Crippen LogP contribution in [-0.4, -0.2) is 27.5 Å². The molecule has 3 aromatic carbocycles. The second-order valence-electron chi connectivity index (χ2n) is 6.93. The molecule has 0 bridgehead atoms. The predicted molar refractivity (Wildman–Crippen MR) is 126 cm³/mol. The Hall–Kier alpha value is -3.30. The van der Waals surface area contributed by atoms with Crippen molar-refractivity contribution in [3.05, 3.63) is 66.0 Å². The number of thiazole rings is 1. The highest BCUT2D eigenvalue weighted by Gasteiger charge is 2.14. The molecule has 30 heavy (non-hydrogen) atoms. The molecule has 0 aliphatic rings. The highest BCUT2D eigenvalue weighted by Crippen LogP contribution is 2.31. The van der Waals surface area contributed by atoms with E-state index < -0.39 is 10.2 Å². The molecule has 7 nitrogen and oxygen atoms in total. The van der Waals surface area contributed by atoms with Crippen LogP contribution in [0.4, 0.5) is 22.2 Å². The Morgan fingerprint density at radius 1 is 0.967 bits per heavy atom. The number of benzene rings is 3. The van der Waals surface area contributed by atoms with Gasteiger partial charge in [-0.15, -0.1) is 11.3 Å². The van der Waals surface area contributed by atoms with Gasteiger partial charge < -0.3 is 10.6 Å². The minimum absolute atomic E-state index is 0.431. The van der Waals surface area contributed by atoms with Gasteiger partial charge in [-0.3, -0.25) is 9.44 Å². The average Bonchev–Trinajstić information content (AvgIpc) is 3.14. The maximum Gasteiger partial charge on any atom is 0.321 e. The topological polar surface area (TPSA) is 100 Å². The molecule has 9 heteroatoms. The molecule has 0 unspecified atom stereocenters. The van der Waals surface area contributed by atoms with Gasteiger partial charge in [0, 0.05) is 41.5 Å². The zero-order valence-electron chi connectivity index (χ0n) is 16.5. The van der Waals surface area contributed by atoms with E-state index in [9.17, 15) is 8.42 Å². The number of hydrogen-bond donors (Lipinski definition) is 3. The summed E-state index contributed by atoms with van der Waals surface area (Å²) in [5, 5.41) is 4.08. The quantitative estimate of drug-likeness (QED) is 0.414. The molecule has 154 valence electrons. The summed E-state index contributed by atoms with van der Waals surface area (Å²) in [4.78, 5) is 6.24. The SMILES string of the molecule is CN(C)c1cccc2c(NS(=O)(=O)Nc3cccc(-c4csc(N)n4)c3)cccc12. The smallest absolute Gasteiger partial charge is 0.321 e. The fraction of sp³-hybridized carbons (Fsp3) is 0.0952.